The number of aromatic carboxylic acids is 1. The van der Waals surface area contributed by atoms with Crippen LogP contribution in [0.15, 0.2) is 18.2 Å². The number of ether oxygens (including phenoxy) is 2. The summed E-state index contributed by atoms with van der Waals surface area (Å²) >= 11 is 0. The normalized spacial score (nSPS) is 10.7. The van der Waals surface area contributed by atoms with E-state index >= 15 is 0 Å². The van der Waals surface area contributed by atoms with Crippen LogP contribution in [0.3, 0.4) is 0 Å². The minimum atomic E-state index is -0.967. The lowest BCUT2D eigenvalue weighted by atomic mass is 10.1. The van der Waals surface area contributed by atoms with Crippen LogP contribution < -0.4 is 9.47 Å². The molecule has 0 saturated carbocycles. The van der Waals surface area contributed by atoms with Crippen molar-refractivity contribution in [3.8, 4) is 11.5 Å². The molecule has 0 amide bonds. The summed E-state index contributed by atoms with van der Waals surface area (Å²) in [6.45, 7) is 7.68. The van der Waals surface area contributed by atoms with E-state index in [2.05, 4.69) is 20.8 Å². The fourth-order valence-electron chi connectivity index (χ4n) is 2.09. The summed E-state index contributed by atoms with van der Waals surface area (Å²) < 4.78 is 11.3. The van der Waals surface area contributed by atoms with Crippen molar-refractivity contribution in [3.63, 3.8) is 0 Å². The molecule has 0 heterocycles. The van der Waals surface area contributed by atoms with Crippen molar-refractivity contribution < 1.29 is 19.4 Å². The van der Waals surface area contributed by atoms with Crippen molar-refractivity contribution in [2.45, 2.75) is 52.9 Å². The predicted molar refractivity (Wildman–Crippen MR) is 88.0 cm³/mol. The summed E-state index contributed by atoms with van der Waals surface area (Å²) in [7, 11) is 0. The Labute approximate surface area is 133 Å². The SMILES string of the molecule is CCCCCOc1cc(OCCCC(C)C)cc(C(=O)O)c1. The second-order valence-electron chi connectivity index (χ2n) is 5.94. The lowest BCUT2D eigenvalue weighted by Gasteiger charge is -2.11. The maximum absolute atomic E-state index is 11.2. The van der Waals surface area contributed by atoms with Crippen LogP contribution >= 0.6 is 0 Å². The summed E-state index contributed by atoms with van der Waals surface area (Å²) in [5, 5.41) is 9.18. The average Bonchev–Trinajstić information content (AvgIpc) is 2.48. The number of unbranched alkanes of at least 4 members (excludes halogenated alkanes) is 2. The Kier molecular flexibility index (Phi) is 8.41. The lowest BCUT2D eigenvalue weighted by Crippen LogP contribution is -2.04. The van der Waals surface area contributed by atoms with Gasteiger partial charge in [0.1, 0.15) is 11.5 Å². The Morgan fingerprint density at radius 1 is 1.05 bits per heavy atom. The smallest absolute Gasteiger partial charge is 0.335 e. The van der Waals surface area contributed by atoms with E-state index < -0.39 is 5.97 Å². The first-order valence-corrected chi connectivity index (χ1v) is 8.17. The Morgan fingerprint density at radius 3 is 2.14 bits per heavy atom. The van der Waals surface area contributed by atoms with Crippen LogP contribution in [0.4, 0.5) is 0 Å². The highest BCUT2D eigenvalue weighted by Gasteiger charge is 2.09. The van der Waals surface area contributed by atoms with E-state index in [1.807, 2.05) is 0 Å². The van der Waals surface area contributed by atoms with Gasteiger partial charge in [-0.05, 0) is 37.3 Å². The van der Waals surface area contributed by atoms with Crippen LogP contribution in [0.25, 0.3) is 0 Å². The number of hydrogen-bond donors (Lipinski definition) is 1. The molecule has 22 heavy (non-hydrogen) atoms. The molecule has 0 atom stereocenters. The molecule has 0 aromatic heterocycles. The molecular weight excluding hydrogens is 280 g/mol. The van der Waals surface area contributed by atoms with Crippen LogP contribution in [0.2, 0.25) is 0 Å². The molecule has 1 N–H and O–H groups in total. The average molecular weight is 308 g/mol. The summed E-state index contributed by atoms with van der Waals surface area (Å²) in [4.78, 5) is 11.2. The minimum absolute atomic E-state index is 0.201. The molecule has 1 aromatic rings. The number of carboxylic acid groups (broad SMARTS) is 1. The van der Waals surface area contributed by atoms with Gasteiger partial charge < -0.3 is 14.6 Å². The third-order valence-corrected chi connectivity index (χ3v) is 3.34. The molecule has 0 saturated heterocycles. The van der Waals surface area contributed by atoms with E-state index in [0.717, 1.165) is 32.1 Å². The molecule has 0 bridgehead atoms. The zero-order valence-electron chi connectivity index (χ0n) is 13.9. The number of rotatable bonds is 11. The second kappa shape index (κ2) is 10.1. The summed E-state index contributed by atoms with van der Waals surface area (Å²) in [6, 6.07) is 4.87. The van der Waals surface area contributed by atoms with Gasteiger partial charge in [0.15, 0.2) is 0 Å². The predicted octanol–water partition coefficient (Wildman–Crippen LogP) is 4.77. The first-order valence-electron chi connectivity index (χ1n) is 8.17. The molecule has 0 aliphatic carbocycles. The van der Waals surface area contributed by atoms with Crippen LogP contribution in [-0.2, 0) is 0 Å². The first kappa shape index (κ1) is 18.3. The van der Waals surface area contributed by atoms with E-state index in [-0.39, 0.29) is 5.56 Å². The van der Waals surface area contributed by atoms with Gasteiger partial charge in [-0.15, -0.1) is 0 Å². The van der Waals surface area contributed by atoms with Gasteiger partial charge in [0, 0.05) is 6.07 Å². The van der Waals surface area contributed by atoms with Crippen LogP contribution in [-0.4, -0.2) is 24.3 Å². The minimum Gasteiger partial charge on any atom is -0.493 e. The number of carboxylic acids is 1. The highest BCUT2D eigenvalue weighted by molar-refractivity contribution is 5.88. The Morgan fingerprint density at radius 2 is 1.64 bits per heavy atom. The van der Waals surface area contributed by atoms with Crippen LogP contribution in [0.1, 0.15) is 63.2 Å². The summed E-state index contributed by atoms with van der Waals surface area (Å²) in [6.07, 6.45) is 5.26. The third kappa shape index (κ3) is 7.34. The highest BCUT2D eigenvalue weighted by atomic mass is 16.5. The number of hydrogen-bond acceptors (Lipinski definition) is 3. The number of benzene rings is 1. The molecule has 0 spiro atoms. The Bertz CT molecular complexity index is 454. The van der Waals surface area contributed by atoms with E-state index in [9.17, 15) is 9.90 Å². The van der Waals surface area contributed by atoms with Crippen molar-refractivity contribution in [3.05, 3.63) is 23.8 Å². The standard InChI is InChI=1S/C18H28O4/c1-4-5-6-9-21-16-11-15(18(19)20)12-17(13-16)22-10-7-8-14(2)3/h11-14H,4-10H2,1-3H3,(H,19,20). The molecule has 0 fully saturated rings. The zero-order chi connectivity index (χ0) is 16.4. The molecule has 0 radical (unpaired) electrons. The van der Waals surface area contributed by atoms with Gasteiger partial charge in [-0.2, -0.15) is 0 Å². The summed E-state index contributed by atoms with van der Waals surface area (Å²) in [5.41, 5.74) is 0.201. The fraction of sp³-hybridized carbons (Fsp3) is 0.611. The van der Waals surface area contributed by atoms with Gasteiger partial charge in [0.25, 0.3) is 0 Å². The van der Waals surface area contributed by atoms with Gasteiger partial charge >= 0.3 is 5.97 Å². The van der Waals surface area contributed by atoms with E-state index in [1.165, 1.54) is 0 Å². The van der Waals surface area contributed by atoms with Crippen molar-refractivity contribution in [1.29, 1.82) is 0 Å². The van der Waals surface area contributed by atoms with Gasteiger partial charge in [0.05, 0.1) is 18.8 Å². The topological polar surface area (TPSA) is 55.8 Å². The molecule has 124 valence electrons. The molecule has 1 rings (SSSR count). The van der Waals surface area contributed by atoms with Gasteiger partial charge in [-0.25, -0.2) is 4.79 Å². The molecule has 0 aliphatic rings. The zero-order valence-corrected chi connectivity index (χ0v) is 13.9. The molecular formula is C18H28O4. The highest BCUT2D eigenvalue weighted by Crippen LogP contribution is 2.24. The van der Waals surface area contributed by atoms with E-state index in [1.54, 1.807) is 18.2 Å². The second-order valence-corrected chi connectivity index (χ2v) is 5.94. The van der Waals surface area contributed by atoms with Gasteiger partial charge in [0.2, 0.25) is 0 Å². The van der Waals surface area contributed by atoms with Gasteiger partial charge in [-0.3, -0.25) is 0 Å². The monoisotopic (exact) mass is 308 g/mol. The molecule has 0 unspecified atom stereocenters. The Hall–Kier alpha value is -1.71. The van der Waals surface area contributed by atoms with Gasteiger partial charge in [-0.1, -0.05) is 33.6 Å². The number of carbonyl (C=O) groups is 1. The van der Waals surface area contributed by atoms with Crippen molar-refractivity contribution in [2.24, 2.45) is 5.92 Å². The lowest BCUT2D eigenvalue weighted by molar-refractivity contribution is 0.0695. The van der Waals surface area contributed by atoms with Crippen molar-refractivity contribution >= 4 is 5.97 Å². The van der Waals surface area contributed by atoms with E-state index in [0.29, 0.717) is 30.6 Å². The summed E-state index contributed by atoms with van der Waals surface area (Å²) in [5.74, 6) is 0.807. The van der Waals surface area contributed by atoms with Crippen molar-refractivity contribution in [2.75, 3.05) is 13.2 Å². The molecule has 4 nitrogen and oxygen atoms in total. The van der Waals surface area contributed by atoms with E-state index in [4.69, 9.17) is 9.47 Å². The molecule has 1 aromatic carbocycles. The maximum atomic E-state index is 11.2. The largest absolute Gasteiger partial charge is 0.493 e. The molecule has 4 heteroatoms. The first-order chi connectivity index (χ1) is 10.5. The Balaban J connectivity index is 2.62. The molecule has 0 aliphatic heterocycles. The third-order valence-electron chi connectivity index (χ3n) is 3.34. The fourth-order valence-corrected chi connectivity index (χ4v) is 2.09. The van der Waals surface area contributed by atoms with Crippen LogP contribution in [0.5, 0.6) is 11.5 Å². The maximum Gasteiger partial charge on any atom is 0.335 e. The van der Waals surface area contributed by atoms with Crippen molar-refractivity contribution in [1.82, 2.24) is 0 Å². The van der Waals surface area contributed by atoms with Crippen LogP contribution in [0, 0.1) is 5.92 Å². The quantitative estimate of drug-likeness (QED) is 0.598.